The Labute approximate surface area is 193 Å². The maximum atomic E-state index is 13.2. The highest BCUT2D eigenvalue weighted by Gasteiger charge is 2.21. The van der Waals surface area contributed by atoms with Gasteiger partial charge >= 0.3 is 0 Å². The number of halogens is 1. The van der Waals surface area contributed by atoms with Crippen molar-refractivity contribution in [1.82, 2.24) is 9.88 Å². The van der Waals surface area contributed by atoms with E-state index in [2.05, 4.69) is 15.6 Å². The molecule has 0 atom stereocenters. The fraction of sp³-hybridized carbons (Fsp3) is 0.125. The van der Waals surface area contributed by atoms with Crippen molar-refractivity contribution in [2.75, 3.05) is 17.2 Å². The van der Waals surface area contributed by atoms with Crippen LogP contribution in [0.15, 0.2) is 82.8 Å². The summed E-state index contributed by atoms with van der Waals surface area (Å²) in [6.07, 6.45) is 1.65. The van der Waals surface area contributed by atoms with Crippen LogP contribution in [0.2, 0.25) is 0 Å². The van der Waals surface area contributed by atoms with Gasteiger partial charge in [0.05, 0.1) is 12.8 Å². The summed E-state index contributed by atoms with van der Waals surface area (Å²) in [5.74, 6) is -0.246. The molecular weight excluding hydrogens is 443 g/mol. The predicted octanol–water partition coefficient (Wildman–Crippen LogP) is 5.29. The summed E-state index contributed by atoms with van der Waals surface area (Å²) in [5, 5.41) is 8.03. The second kappa shape index (κ2) is 10.6. The lowest BCUT2D eigenvalue weighted by Gasteiger charge is -2.20. The van der Waals surface area contributed by atoms with Gasteiger partial charge < -0.3 is 20.0 Å². The first kappa shape index (κ1) is 22.2. The molecule has 0 aliphatic rings. The smallest absolute Gasteiger partial charge is 0.273 e. The third kappa shape index (κ3) is 6.27. The molecule has 9 heteroatoms. The zero-order chi connectivity index (χ0) is 23.0. The van der Waals surface area contributed by atoms with Crippen LogP contribution < -0.4 is 10.6 Å². The molecule has 2 N–H and O–H groups in total. The van der Waals surface area contributed by atoms with E-state index in [0.29, 0.717) is 22.3 Å². The number of hydrogen-bond acceptors (Lipinski definition) is 6. The van der Waals surface area contributed by atoms with E-state index in [-0.39, 0.29) is 42.8 Å². The minimum Gasteiger partial charge on any atom is -0.467 e. The van der Waals surface area contributed by atoms with Crippen molar-refractivity contribution < 1.29 is 18.4 Å². The van der Waals surface area contributed by atoms with Crippen LogP contribution in [0.1, 0.15) is 22.7 Å². The average molecular weight is 465 g/mol. The Kier molecular flexibility index (Phi) is 7.11. The van der Waals surface area contributed by atoms with E-state index in [1.165, 1.54) is 34.6 Å². The first-order valence-electron chi connectivity index (χ1n) is 10.2. The second-order valence-corrected chi connectivity index (χ2v) is 8.00. The molecule has 0 aliphatic carbocycles. The molecule has 2 amide bonds. The number of amides is 2. The van der Waals surface area contributed by atoms with Gasteiger partial charge in [0.2, 0.25) is 5.91 Å². The number of anilines is 3. The van der Waals surface area contributed by atoms with Gasteiger partial charge in [-0.2, -0.15) is 0 Å². The number of nitrogens with one attached hydrogen (secondary N) is 2. The van der Waals surface area contributed by atoms with Crippen molar-refractivity contribution in [2.24, 2.45) is 0 Å². The molecule has 0 spiro atoms. The average Bonchev–Trinajstić information content (AvgIpc) is 3.51. The summed E-state index contributed by atoms with van der Waals surface area (Å²) in [7, 11) is 0. The van der Waals surface area contributed by atoms with Gasteiger partial charge in [0.1, 0.15) is 17.3 Å². The molecule has 0 saturated carbocycles. The molecule has 0 saturated heterocycles. The predicted molar refractivity (Wildman–Crippen MR) is 125 cm³/mol. The van der Waals surface area contributed by atoms with E-state index in [1.54, 1.807) is 41.8 Å². The molecule has 4 aromatic rings. The Morgan fingerprint density at radius 2 is 1.79 bits per heavy atom. The molecule has 2 aromatic heterocycles. The van der Waals surface area contributed by atoms with Crippen molar-refractivity contribution in [3.63, 3.8) is 0 Å². The zero-order valence-electron chi connectivity index (χ0n) is 17.5. The molecule has 0 aliphatic heterocycles. The number of carbonyl (C=O) groups is 2. The quantitative estimate of drug-likeness (QED) is 0.351. The number of nitrogens with zero attached hydrogens (tertiary/aromatic N) is 2. The normalized spacial score (nSPS) is 10.6. The molecule has 0 fully saturated rings. The molecule has 7 nitrogen and oxygen atoms in total. The van der Waals surface area contributed by atoms with E-state index >= 15 is 0 Å². The Morgan fingerprint density at radius 3 is 2.52 bits per heavy atom. The number of para-hydroxylation sites is 1. The van der Waals surface area contributed by atoms with Crippen LogP contribution in [-0.4, -0.2) is 28.2 Å². The van der Waals surface area contributed by atoms with Gasteiger partial charge in [-0.05, 0) is 48.5 Å². The highest BCUT2D eigenvalue weighted by molar-refractivity contribution is 7.14. The molecule has 0 unspecified atom stereocenters. The van der Waals surface area contributed by atoms with Crippen LogP contribution in [0.4, 0.5) is 20.9 Å². The van der Waals surface area contributed by atoms with Crippen molar-refractivity contribution >= 4 is 39.7 Å². The molecule has 0 bridgehead atoms. The van der Waals surface area contributed by atoms with E-state index in [4.69, 9.17) is 4.42 Å². The molecule has 2 aromatic carbocycles. The van der Waals surface area contributed by atoms with E-state index < -0.39 is 0 Å². The summed E-state index contributed by atoms with van der Waals surface area (Å²) < 4.78 is 18.5. The van der Waals surface area contributed by atoms with Crippen LogP contribution in [0.25, 0.3) is 0 Å². The Bertz CT molecular complexity index is 1190. The summed E-state index contributed by atoms with van der Waals surface area (Å²) in [6.45, 7) is 0.402. The maximum absolute atomic E-state index is 13.2. The molecule has 33 heavy (non-hydrogen) atoms. The monoisotopic (exact) mass is 464 g/mol. The van der Waals surface area contributed by atoms with Crippen LogP contribution in [0.5, 0.6) is 0 Å². The third-order valence-electron chi connectivity index (χ3n) is 4.70. The molecule has 0 radical (unpaired) electrons. The van der Waals surface area contributed by atoms with Gasteiger partial charge in [0, 0.05) is 29.7 Å². The number of thiazole rings is 1. The topological polar surface area (TPSA) is 87.5 Å². The molecule has 168 valence electrons. The second-order valence-electron chi connectivity index (χ2n) is 7.14. The van der Waals surface area contributed by atoms with Crippen molar-refractivity contribution in [1.29, 1.82) is 0 Å². The molecular formula is C24H21FN4O3S. The highest BCUT2D eigenvalue weighted by atomic mass is 32.1. The minimum atomic E-state index is -0.333. The SMILES string of the molecule is O=C(CCN(Cc1ccco1)C(=O)c1csc(Nc2ccc(F)cc2)n1)Nc1ccccc1. The van der Waals surface area contributed by atoms with Gasteiger partial charge in [0.15, 0.2) is 5.13 Å². The number of benzene rings is 2. The van der Waals surface area contributed by atoms with Crippen LogP contribution in [0, 0.1) is 5.82 Å². The van der Waals surface area contributed by atoms with Crippen molar-refractivity contribution in [3.8, 4) is 0 Å². The van der Waals surface area contributed by atoms with Gasteiger partial charge in [-0.3, -0.25) is 9.59 Å². The summed E-state index contributed by atoms with van der Waals surface area (Å²) >= 11 is 1.26. The first-order chi connectivity index (χ1) is 16.1. The molecule has 2 heterocycles. The number of rotatable bonds is 9. The summed E-state index contributed by atoms with van der Waals surface area (Å²) in [5.41, 5.74) is 1.61. The Hall–Kier alpha value is -3.98. The zero-order valence-corrected chi connectivity index (χ0v) is 18.3. The largest absolute Gasteiger partial charge is 0.467 e. The van der Waals surface area contributed by atoms with Crippen LogP contribution in [-0.2, 0) is 11.3 Å². The minimum absolute atomic E-state index is 0.117. The van der Waals surface area contributed by atoms with Crippen molar-refractivity contribution in [3.05, 3.63) is 95.6 Å². The van der Waals surface area contributed by atoms with Crippen molar-refractivity contribution in [2.45, 2.75) is 13.0 Å². The van der Waals surface area contributed by atoms with E-state index in [0.717, 1.165) is 0 Å². The van der Waals surface area contributed by atoms with Crippen LogP contribution >= 0.6 is 11.3 Å². The van der Waals surface area contributed by atoms with E-state index in [9.17, 15) is 14.0 Å². The fourth-order valence-corrected chi connectivity index (χ4v) is 3.78. The lowest BCUT2D eigenvalue weighted by molar-refractivity contribution is -0.116. The maximum Gasteiger partial charge on any atom is 0.273 e. The highest BCUT2D eigenvalue weighted by Crippen LogP contribution is 2.22. The Balaban J connectivity index is 1.42. The third-order valence-corrected chi connectivity index (χ3v) is 5.46. The van der Waals surface area contributed by atoms with Gasteiger partial charge in [0.25, 0.3) is 5.91 Å². The fourth-order valence-electron chi connectivity index (χ4n) is 3.07. The summed E-state index contributed by atoms with van der Waals surface area (Å²) in [4.78, 5) is 31.5. The Morgan fingerprint density at radius 1 is 1.00 bits per heavy atom. The number of carbonyl (C=O) groups excluding carboxylic acids is 2. The van der Waals surface area contributed by atoms with Gasteiger partial charge in [-0.15, -0.1) is 11.3 Å². The number of aromatic nitrogens is 1. The standard InChI is InChI=1S/C24H21FN4O3S/c25-17-8-10-19(11-9-17)27-24-28-21(16-33-24)23(31)29(15-20-7-4-14-32-20)13-12-22(30)26-18-5-2-1-3-6-18/h1-11,14,16H,12-13,15H2,(H,26,30)(H,27,28). The lowest BCUT2D eigenvalue weighted by Crippen LogP contribution is -2.33. The first-order valence-corrected chi connectivity index (χ1v) is 11.1. The van der Waals surface area contributed by atoms with Gasteiger partial charge in [-0.25, -0.2) is 9.37 Å². The van der Waals surface area contributed by atoms with Gasteiger partial charge in [-0.1, -0.05) is 18.2 Å². The van der Waals surface area contributed by atoms with Crippen LogP contribution in [0.3, 0.4) is 0 Å². The molecule has 4 rings (SSSR count). The number of furan rings is 1. The lowest BCUT2D eigenvalue weighted by atomic mass is 10.2. The number of hydrogen-bond donors (Lipinski definition) is 2. The van der Waals surface area contributed by atoms with E-state index in [1.807, 2.05) is 18.2 Å². The summed E-state index contributed by atoms with van der Waals surface area (Å²) in [6, 6.07) is 18.5.